The van der Waals surface area contributed by atoms with Crippen LogP contribution in [0.15, 0.2) is 36.4 Å². The summed E-state index contributed by atoms with van der Waals surface area (Å²) >= 11 is 12.0. The van der Waals surface area contributed by atoms with Crippen LogP contribution in [0.25, 0.3) is 0 Å². The molecule has 0 bridgehead atoms. The molecular formula is C20H16Cl2N2O5. The van der Waals surface area contributed by atoms with E-state index in [2.05, 4.69) is 5.32 Å². The summed E-state index contributed by atoms with van der Waals surface area (Å²) in [6.45, 7) is 1.98. The molecule has 0 aliphatic carbocycles. The fourth-order valence-corrected chi connectivity index (χ4v) is 3.59. The van der Waals surface area contributed by atoms with Crippen LogP contribution in [-0.2, 0) is 10.3 Å². The molecule has 0 aromatic heterocycles. The summed E-state index contributed by atoms with van der Waals surface area (Å²) in [7, 11) is 0. The lowest BCUT2D eigenvalue weighted by Gasteiger charge is -2.22. The lowest BCUT2D eigenvalue weighted by molar-refractivity contribution is -0.130. The van der Waals surface area contributed by atoms with Gasteiger partial charge in [0.05, 0.1) is 16.6 Å². The number of benzene rings is 2. The minimum atomic E-state index is -1.35. The van der Waals surface area contributed by atoms with Crippen molar-refractivity contribution < 1.29 is 23.9 Å². The van der Waals surface area contributed by atoms with Gasteiger partial charge in [-0.05, 0) is 42.8 Å². The zero-order valence-corrected chi connectivity index (χ0v) is 16.8. The molecule has 9 heteroatoms. The van der Waals surface area contributed by atoms with E-state index in [4.69, 9.17) is 32.7 Å². The maximum atomic E-state index is 13.0. The number of imide groups is 1. The maximum absolute atomic E-state index is 13.0. The zero-order chi connectivity index (χ0) is 20.8. The van der Waals surface area contributed by atoms with E-state index in [-0.39, 0.29) is 5.02 Å². The molecule has 1 saturated heterocycles. The second-order valence-corrected chi connectivity index (χ2v) is 7.67. The minimum absolute atomic E-state index is 0.262. The number of rotatable bonds is 4. The van der Waals surface area contributed by atoms with Gasteiger partial charge >= 0.3 is 6.03 Å². The molecule has 1 fully saturated rings. The van der Waals surface area contributed by atoms with Gasteiger partial charge in [-0.15, -0.1) is 0 Å². The number of fused-ring (bicyclic) bond motifs is 1. The molecule has 2 heterocycles. The first-order chi connectivity index (χ1) is 13.8. The number of hydrogen-bond acceptors (Lipinski definition) is 5. The van der Waals surface area contributed by atoms with E-state index in [1.54, 1.807) is 37.3 Å². The average molecular weight is 435 g/mol. The number of nitrogens with one attached hydrogen (secondary N) is 1. The largest absolute Gasteiger partial charge is 0.486 e. The van der Waals surface area contributed by atoms with Crippen molar-refractivity contribution in [2.45, 2.75) is 12.5 Å². The van der Waals surface area contributed by atoms with Gasteiger partial charge in [-0.1, -0.05) is 29.3 Å². The normalized spacial score (nSPS) is 20.6. The van der Waals surface area contributed by atoms with Gasteiger partial charge in [-0.3, -0.25) is 14.5 Å². The smallest absolute Gasteiger partial charge is 0.325 e. The highest BCUT2D eigenvalue weighted by Crippen LogP contribution is 2.34. The Balaban J connectivity index is 1.56. The van der Waals surface area contributed by atoms with Gasteiger partial charge < -0.3 is 14.8 Å². The SMILES string of the molecule is CC1(c2ccc(Cl)c(Cl)c2)NC(=O)N(CC(=O)c2ccc3c(c2)OCCO3)C1=O. The Bertz CT molecular complexity index is 1040. The molecule has 0 radical (unpaired) electrons. The predicted molar refractivity (Wildman–Crippen MR) is 106 cm³/mol. The van der Waals surface area contributed by atoms with E-state index >= 15 is 0 Å². The summed E-state index contributed by atoms with van der Waals surface area (Å²) in [6.07, 6.45) is 0. The number of ether oxygens (including phenoxy) is 2. The van der Waals surface area contributed by atoms with Crippen molar-refractivity contribution in [3.05, 3.63) is 57.6 Å². The highest BCUT2D eigenvalue weighted by atomic mass is 35.5. The summed E-state index contributed by atoms with van der Waals surface area (Å²) in [4.78, 5) is 39.1. The third-order valence-corrected chi connectivity index (χ3v) is 5.68. The third-order valence-electron chi connectivity index (χ3n) is 4.94. The van der Waals surface area contributed by atoms with Crippen molar-refractivity contribution in [2.24, 2.45) is 0 Å². The fourth-order valence-electron chi connectivity index (χ4n) is 3.30. The maximum Gasteiger partial charge on any atom is 0.325 e. The van der Waals surface area contributed by atoms with Crippen molar-refractivity contribution in [1.82, 2.24) is 10.2 Å². The fraction of sp³-hybridized carbons (Fsp3) is 0.250. The molecule has 2 aliphatic rings. The number of amides is 3. The highest BCUT2D eigenvalue weighted by Gasteiger charge is 2.49. The molecule has 29 heavy (non-hydrogen) atoms. The molecule has 0 spiro atoms. The molecule has 7 nitrogen and oxygen atoms in total. The van der Waals surface area contributed by atoms with E-state index in [0.717, 1.165) is 4.90 Å². The van der Waals surface area contributed by atoms with Crippen molar-refractivity contribution in [3.63, 3.8) is 0 Å². The van der Waals surface area contributed by atoms with Crippen molar-refractivity contribution in [2.75, 3.05) is 19.8 Å². The van der Waals surface area contributed by atoms with Crippen LogP contribution in [0.5, 0.6) is 11.5 Å². The monoisotopic (exact) mass is 434 g/mol. The second-order valence-electron chi connectivity index (χ2n) is 6.86. The zero-order valence-electron chi connectivity index (χ0n) is 15.3. The summed E-state index contributed by atoms with van der Waals surface area (Å²) in [5.41, 5.74) is -0.559. The van der Waals surface area contributed by atoms with E-state index in [9.17, 15) is 14.4 Å². The Morgan fingerprint density at radius 3 is 2.52 bits per heavy atom. The number of carbonyl (C=O) groups excluding carboxylic acids is 3. The minimum Gasteiger partial charge on any atom is -0.486 e. The van der Waals surface area contributed by atoms with Crippen molar-refractivity contribution in [3.8, 4) is 11.5 Å². The number of carbonyl (C=O) groups is 3. The van der Waals surface area contributed by atoms with Gasteiger partial charge in [0.2, 0.25) is 0 Å². The molecule has 1 N–H and O–H groups in total. The summed E-state index contributed by atoms with van der Waals surface area (Å²) < 4.78 is 10.9. The quantitative estimate of drug-likeness (QED) is 0.588. The Morgan fingerprint density at radius 1 is 1.07 bits per heavy atom. The van der Waals surface area contributed by atoms with Crippen LogP contribution < -0.4 is 14.8 Å². The first kappa shape index (κ1) is 19.5. The van der Waals surface area contributed by atoms with E-state index < -0.39 is 29.8 Å². The van der Waals surface area contributed by atoms with Gasteiger partial charge in [-0.25, -0.2) is 4.79 Å². The molecule has 1 unspecified atom stereocenters. The standard InChI is InChI=1S/C20H16Cl2N2O5/c1-20(12-3-4-13(21)14(22)9-12)18(26)24(19(27)23-20)10-15(25)11-2-5-16-17(8-11)29-7-6-28-16/h2-5,8-9H,6-7,10H2,1H3,(H,23,27). The third kappa shape index (κ3) is 3.41. The number of nitrogens with zero attached hydrogens (tertiary/aromatic N) is 1. The molecule has 2 aliphatic heterocycles. The molecule has 150 valence electrons. The van der Waals surface area contributed by atoms with Crippen LogP contribution in [0, 0.1) is 0 Å². The number of Topliss-reactive ketones (excluding diaryl/α,β-unsaturated/α-hetero) is 1. The van der Waals surface area contributed by atoms with Gasteiger partial charge in [0.25, 0.3) is 5.91 Å². The predicted octanol–water partition coefficient (Wildman–Crippen LogP) is 3.41. The van der Waals surface area contributed by atoms with Gasteiger partial charge in [0.1, 0.15) is 18.8 Å². The number of ketones is 1. The van der Waals surface area contributed by atoms with Crippen LogP contribution in [0.3, 0.4) is 0 Å². The molecular weight excluding hydrogens is 419 g/mol. The summed E-state index contributed by atoms with van der Waals surface area (Å²) in [6, 6.07) is 8.78. The Morgan fingerprint density at radius 2 is 1.79 bits per heavy atom. The van der Waals surface area contributed by atoms with Crippen LogP contribution in [0.1, 0.15) is 22.8 Å². The second kappa shape index (κ2) is 7.24. The Kier molecular flexibility index (Phi) is 4.88. The lowest BCUT2D eigenvalue weighted by Crippen LogP contribution is -2.41. The van der Waals surface area contributed by atoms with Gasteiger partial charge in [0, 0.05) is 5.56 Å². The van der Waals surface area contributed by atoms with Crippen molar-refractivity contribution >= 4 is 40.9 Å². The van der Waals surface area contributed by atoms with Crippen LogP contribution in [-0.4, -0.2) is 42.4 Å². The first-order valence-electron chi connectivity index (χ1n) is 8.82. The van der Waals surface area contributed by atoms with Crippen LogP contribution in [0.4, 0.5) is 4.79 Å². The molecule has 0 saturated carbocycles. The van der Waals surface area contributed by atoms with Gasteiger partial charge in [-0.2, -0.15) is 0 Å². The highest BCUT2D eigenvalue weighted by molar-refractivity contribution is 6.42. The summed E-state index contributed by atoms with van der Waals surface area (Å²) in [5, 5.41) is 3.24. The molecule has 2 aromatic carbocycles. The van der Waals surface area contributed by atoms with E-state index in [1.807, 2.05) is 0 Å². The van der Waals surface area contributed by atoms with Crippen LogP contribution >= 0.6 is 23.2 Å². The van der Waals surface area contributed by atoms with Gasteiger partial charge in [0.15, 0.2) is 17.3 Å². The number of urea groups is 1. The summed E-state index contributed by atoms with van der Waals surface area (Å²) in [5.74, 6) is 0.0607. The molecule has 4 rings (SSSR count). The van der Waals surface area contributed by atoms with E-state index in [0.29, 0.717) is 40.9 Å². The van der Waals surface area contributed by atoms with E-state index in [1.165, 1.54) is 6.07 Å². The number of halogens is 2. The number of hydrogen-bond donors (Lipinski definition) is 1. The Labute approximate surface area is 176 Å². The first-order valence-corrected chi connectivity index (χ1v) is 9.57. The molecule has 1 atom stereocenters. The van der Waals surface area contributed by atoms with Crippen molar-refractivity contribution in [1.29, 1.82) is 0 Å². The Hall–Kier alpha value is -2.77. The molecule has 2 aromatic rings. The topological polar surface area (TPSA) is 84.9 Å². The van der Waals surface area contributed by atoms with Crippen LogP contribution in [0.2, 0.25) is 10.0 Å². The lowest BCUT2D eigenvalue weighted by atomic mass is 9.92. The average Bonchev–Trinajstić information content (AvgIpc) is 2.93. The molecule has 3 amide bonds.